The first-order valence-electron chi connectivity index (χ1n) is 9.08. The van der Waals surface area contributed by atoms with E-state index in [9.17, 15) is 22.8 Å². The Bertz CT molecular complexity index is 1090. The Morgan fingerprint density at radius 3 is 2.43 bits per heavy atom. The summed E-state index contributed by atoms with van der Waals surface area (Å²) in [6.45, 7) is 5.19. The van der Waals surface area contributed by atoms with Crippen molar-refractivity contribution in [3.05, 3.63) is 81.8 Å². The van der Waals surface area contributed by atoms with Crippen LogP contribution in [-0.4, -0.2) is 25.7 Å². The summed E-state index contributed by atoms with van der Waals surface area (Å²) in [6, 6.07) is 6.70. The predicted molar refractivity (Wildman–Crippen MR) is 103 cm³/mol. The highest BCUT2D eigenvalue weighted by Crippen LogP contribution is 2.30. The first-order chi connectivity index (χ1) is 14.0. The van der Waals surface area contributed by atoms with Crippen molar-refractivity contribution >= 4 is 5.91 Å². The molecule has 0 aliphatic rings. The van der Waals surface area contributed by atoms with Crippen molar-refractivity contribution in [2.24, 2.45) is 0 Å². The number of alkyl halides is 3. The minimum absolute atomic E-state index is 0.104. The summed E-state index contributed by atoms with van der Waals surface area (Å²) >= 11 is 0. The van der Waals surface area contributed by atoms with Crippen LogP contribution >= 0.6 is 0 Å². The molecule has 3 aromatic rings. The molecule has 1 aromatic carbocycles. The number of hydrogen-bond donors (Lipinski definition) is 2. The Morgan fingerprint density at radius 1 is 1.20 bits per heavy atom. The Hall–Kier alpha value is -3.43. The number of hydrogen-bond acceptors (Lipinski definition) is 4. The number of nitrogens with zero attached hydrogens (tertiary/aromatic N) is 3. The fraction of sp³-hybridized carbons (Fsp3) is 0.300. The van der Waals surface area contributed by atoms with Crippen molar-refractivity contribution in [2.45, 2.75) is 38.5 Å². The van der Waals surface area contributed by atoms with E-state index in [2.05, 4.69) is 20.4 Å². The minimum Gasteiger partial charge on any atom is -0.344 e. The third-order valence-electron chi connectivity index (χ3n) is 4.72. The summed E-state index contributed by atoms with van der Waals surface area (Å²) in [4.78, 5) is 31.7. The van der Waals surface area contributed by atoms with E-state index in [1.54, 1.807) is 43.9 Å². The second-order valence-corrected chi connectivity index (χ2v) is 7.30. The number of halogens is 3. The van der Waals surface area contributed by atoms with Gasteiger partial charge < -0.3 is 10.3 Å². The Labute approximate surface area is 170 Å². The molecular formula is C20H20F3N5O2. The van der Waals surface area contributed by atoms with Crippen LogP contribution in [0.4, 0.5) is 13.2 Å². The van der Waals surface area contributed by atoms with Gasteiger partial charge in [-0.25, -0.2) is 4.98 Å². The summed E-state index contributed by atoms with van der Waals surface area (Å²) in [5, 5.41) is 6.81. The molecule has 2 heterocycles. The molecule has 7 nitrogen and oxygen atoms in total. The van der Waals surface area contributed by atoms with E-state index >= 15 is 0 Å². The molecule has 0 radical (unpaired) electrons. The molecule has 30 heavy (non-hydrogen) atoms. The highest BCUT2D eigenvalue weighted by molar-refractivity contribution is 5.92. The molecule has 0 saturated carbocycles. The van der Waals surface area contributed by atoms with Gasteiger partial charge in [-0.15, -0.1) is 0 Å². The van der Waals surface area contributed by atoms with E-state index in [-0.39, 0.29) is 11.5 Å². The normalized spacial score (nSPS) is 13.1. The van der Waals surface area contributed by atoms with Gasteiger partial charge in [-0.05, 0) is 44.5 Å². The Balaban J connectivity index is 1.82. The third-order valence-corrected chi connectivity index (χ3v) is 4.72. The monoisotopic (exact) mass is 419 g/mol. The number of rotatable bonds is 5. The molecule has 0 fully saturated rings. The van der Waals surface area contributed by atoms with Crippen LogP contribution < -0.4 is 10.9 Å². The zero-order valence-corrected chi connectivity index (χ0v) is 16.5. The van der Waals surface area contributed by atoms with Gasteiger partial charge in [0.05, 0.1) is 11.6 Å². The van der Waals surface area contributed by atoms with Crippen molar-refractivity contribution < 1.29 is 18.0 Å². The summed E-state index contributed by atoms with van der Waals surface area (Å²) in [6.07, 6.45) is -1.14. The quantitative estimate of drug-likeness (QED) is 0.664. The van der Waals surface area contributed by atoms with Crippen molar-refractivity contribution in [1.29, 1.82) is 0 Å². The van der Waals surface area contributed by atoms with E-state index in [0.717, 1.165) is 18.2 Å². The first kappa shape index (κ1) is 21.3. The molecule has 0 bridgehead atoms. The highest BCUT2D eigenvalue weighted by atomic mass is 19.4. The number of H-pyrrole nitrogens is 1. The van der Waals surface area contributed by atoms with Crippen LogP contribution in [-0.2, 0) is 11.7 Å². The maximum atomic E-state index is 12.7. The van der Waals surface area contributed by atoms with Gasteiger partial charge in [0.15, 0.2) is 0 Å². The zero-order chi connectivity index (χ0) is 22.1. The van der Waals surface area contributed by atoms with Crippen LogP contribution in [0.1, 0.15) is 54.3 Å². The molecule has 0 aliphatic heterocycles. The van der Waals surface area contributed by atoms with Crippen LogP contribution in [0, 0.1) is 0 Å². The molecule has 0 spiro atoms. The third kappa shape index (κ3) is 4.42. The second kappa shape index (κ2) is 7.77. The average Bonchev–Trinajstić information content (AvgIpc) is 3.22. The molecular weight excluding hydrogens is 399 g/mol. The van der Waals surface area contributed by atoms with Crippen molar-refractivity contribution in [3.8, 4) is 0 Å². The molecule has 10 heteroatoms. The number of amides is 1. The molecule has 3 rings (SSSR count). The van der Waals surface area contributed by atoms with Gasteiger partial charge in [0.25, 0.3) is 11.5 Å². The van der Waals surface area contributed by atoms with Crippen molar-refractivity contribution in [2.75, 3.05) is 0 Å². The number of nitrogens with one attached hydrogen (secondary N) is 2. The van der Waals surface area contributed by atoms with Crippen LogP contribution in [0.5, 0.6) is 0 Å². The summed E-state index contributed by atoms with van der Waals surface area (Å²) in [5.74, 6) is -0.378. The van der Waals surface area contributed by atoms with Gasteiger partial charge in [-0.1, -0.05) is 12.1 Å². The van der Waals surface area contributed by atoms with E-state index in [1.165, 1.54) is 12.1 Å². The minimum atomic E-state index is -4.43. The lowest BCUT2D eigenvalue weighted by molar-refractivity contribution is -0.137. The summed E-state index contributed by atoms with van der Waals surface area (Å²) < 4.78 is 39.7. The van der Waals surface area contributed by atoms with Gasteiger partial charge >= 0.3 is 6.18 Å². The number of benzene rings is 1. The lowest BCUT2D eigenvalue weighted by Gasteiger charge is -2.24. The van der Waals surface area contributed by atoms with E-state index in [0.29, 0.717) is 5.56 Å². The van der Waals surface area contributed by atoms with Crippen LogP contribution in [0.2, 0.25) is 0 Å². The van der Waals surface area contributed by atoms with E-state index < -0.39 is 34.8 Å². The van der Waals surface area contributed by atoms with Crippen LogP contribution in [0.3, 0.4) is 0 Å². The first-order valence-corrected chi connectivity index (χ1v) is 9.08. The lowest BCUT2D eigenvalue weighted by Crippen LogP contribution is -2.35. The standard InChI is InChI=1S/C20H20F3N5O2/c1-12(13-5-7-14(8-6-13)20(21,22)23)25-17(30)15-11-16(29)27-18(26-15)19(2,3)28-10-4-9-24-28/h4-12H,1-3H3,(H,25,30)(H,26,27,29)/t12-/m1/s1. The summed E-state index contributed by atoms with van der Waals surface area (Å²) in [7, 11) is 0. The van der Waals surface area contributed by atoms with Gasteiger partial charge in [-0.2, -0.15) is 18.3 Å². The SMILES string of the molecule is C[C@@H](NC(=O)c1cc(=O)[nH]c(C(C)(C)n2cccn2)n1)c1ccc(C(F)(F)F)cc1. The molecule has 1 amide bonds. The maximum absolute atomic E-state index is 12.7. The molecule has 0 saturated heterocycles. The Morgan fingerprint density at radius 2 is 1.87 bits per heavy atom. The average molecular weight is 419 g/mol. The largest absolute Gasteiger partial charge is 0.416 e. The molecule has 0 unspecified atom stereocenters. The lowest BCUT2D eigenvalue weighted by atomic mass is 10.0. The van der Waals surface area contributed by atoms with Gasteiger partial charge in [0.2, 0.25) is 0 Å². The number of carbonyl (C=O) groups excluding carboxylic acids is 1. The molecule has 158 valence electrons. The van der Waals surface area contributed by atoms with E-state index in [4.69, 9.17) is 0 Å². The van der Waals surface area contributed by atoms with Crippen LogP contribution in [0.25, 0.3) is 0 Å². The second-order valence-electron chi connectivity index (χ2n) is 7.30. The zero-order valence-electron chi connectivity index (χ0n) is 16.5. The maximum Gasteiger partial charge on any atom is 0.416 e. The smallest absolute Gasteiger partial charge is 0.344 e. The predicted octanol–water partition coefficient (Wildman–Crippen LogP) is 3.26. The van der Waals surface area contributed by atoms with Gasteiger partial charge in [0.1, 0.15) is 17.1 Å². The summed E-state index contributed by atoms with van der Waals surface area (Å²) in [5.41, 5.74) is -1.72. The number of carbonyl (C=O) groups is 1. The van der Waals surface area contributed by atoms with Gasteiger partial charge in [-0.3, -0.25) is 14.3 Å². The molecule has 2 N–H and O–H groups in total. The molecule has 2 aromatic heterocycles. The Kier molecular flexibility index (Phi) is 5.51. The number of aromatic nitrogens is 4. The molecule has 0 aliphatic carbocycles. The van der Waals surface area contributed by atoms with Crippen molar-refractivity contribution in [3.63, 3.8) is 0 Å². The van der Waals surface area contributed by atoms with Crippen LogP contribution in [0.15, 0.2) is 53.6 Å². The fourth-order valence-corrected chi connectivity index (χ4v) is 2.89. The highest BCUT2D eigenvalue weighted by Gasteiger charge is 2.30. The number of aromatic amines is 1. The fourth-order valence-electron chi connectivity index (χ4n) is 2.89. The van der Waals surface area contributed by atoms with E-state index in [1.807, 2.05) is 0 Å². The van der Waals surface area contributed by atoms with Gasteiger partial charge in [0, 0.05) is 18.5 Å². The van der Waals surface area contributed by atoms with Crippen molar-refractivity contribution in [1.82, 2.24) is 25.1 Å². The topological polar surface area (TPSA) is 92.7 Å². The molecule has 1 atom stereocenters.